The Labute approximate surface area is 101 Å². The lowest BCUT2D eigenvalue weighted by molar-refractivity contribution is 0.337. The van der Waals surface area contributed by atoms with E-state index in [1.807, 2.05) is 0 Å². The molecular formula is C14H19N3. The number of fused-ring (bicyclic) bond motifs is 1. The molecule has 1 aromatic carbocycles. The first-order chi connectivity index (χ1) is 8.35. The Balaban J connectivity index is 1.75. The second-order valence-electron chi connectivity index (χ2n) is 4.93. The summed E-state index contributed by atoms with van der Waals surface area (Å²) >= 11 is 0. The van der Waals surface area contributed by atoms with E-state index in [0.29, 0.717) is 6.54 Å². The first kappa shape index (κ1) is 10.8. The van der Waals surface area contributed by atoms with Gasteiger partial charge in [-0.3, -0.25) is 0 Å². The fraction of sp³-hybridized carbons (Fsp3) is 0.429. The monoisotopic (exact) mass is 229 g/mol. The number of hydrogen-bond acceptors (Lipinski definition) is 2. The zero-order valence-electron chi connectivity index (χ0n) is 10.00. The van der Waals surface area contributed by atoms with Crippen molar-refractivity contribution in [3.63, 3.8) is 0 Å². The predicted octanol–water partition coefficient (Wildman–Crippen LogP) is 2.27. The third-order valence-corrected chi connectivity index (χ3v) is 3.66. The number of nitrogens with two attached hydrogens (primary N) is 1. The van der Waals surface area contributed by atoms with Gasteiger partial charge < -0.3 is 16.0 Å². The van der Waals surface area contributed by atoms with Gasteiger partial charge in [0.05, 0.1) is 0 Å². The van der Waals surface area contributed by atoms with Gasteiger partial charge in [0, 0.05) is 30.3 Å². The molecule has 3 rings (SSSR count). The maximum Gasteiger partial charge on any atom is 0.0459 e. The van der Waals surface area contributed by atoms with Crippen LogP contribution in [0.15, 0.2) is 24.3 Å². The molecule has 1 aliphatic carbocycles. The topological polar surface area (TPSA) is 53.8 Å². The first-order valence-corrected chi connectivity index (χ1v) is 6.39. The molecule has 0 unspecified atom stereocenters. The van der Waals surface area contributed by atoms with Crippen molar-refractivity contribution in [3.05, 3.63) is 35.5 Å². The third-order valence-electron chi connectivity index (χ3n) is 3.66. The average Bonchev–Trinajstić information content (AvgIpc) is 2.68. The Morgan fingerprint density at radius 1 is 1.29 bits per heavy atom. The van der Waals surface area contributed by atoms with Gasteiger partial charge in [-0.05, 0) is 35.9 Å². The van der Waals surface area contributed by atoms with E-state index in [0.717, 1.165) is 12.6 Å². The average molecular weight is 229 g/mol. The van der Waals surface area contributed by atoms with Gasteiger partial charge in [0.2, 0.25) is 0 Å². The van der Waals surface area contributed by atoms with Gasteiger partial charge >= 0.3 is 0 Å². The van der Waals surface area contributed by atoms with Crippen LogP contribution in [-0.4, -0.2) is 11.0 Å². The van der Waals surface area contributed by atoms with E-state index >= 15 is 0 Å². The van der Waals surface area contributed by atoms with E-state index in [-0.39, 0.29) is 0 Å². The molecule has 4 N–H and O–H groups in total. The summed E-state index contributed by atoms with van der Waals surface area (Å²) in [6.07, 6.45) is 4.04. The number of nitrogens with one attached hydrogen (secondary N) is 2. The number of benzene rings is 1. The number of H-pyrrole nitrogens is 1. The highest BCUT2D eigenvalue weighted by Gasteiger charge is 2.16. The minimum absolute atomic E-state index is 0.602. The molecule has 1 aliphatic rings. The number of rotatable bonds is 4. The minimum Gasteiger partial charge on any atom is -0.357 e. The molecule has 1 aromatic heterocycles. The van der Waals surface area contributed by atoms with E-state index in [1.54, 1.807) is 0 Å². The number of aromatic nitrogens is 1. The van der Waals surface area contributed by atoms with E-state index in [4.69, 9.17) is 5.73 Å². The Morgan fingerprint density at radius 3 is 2.88 bits per heavy atom. The smallest absolute Gasteiger partial charge is 0.0459 e. The maximum absolute atomic E-state index is 5.65. The van der Waals surface area contributed by atoms with E-state index in [9.17, 15) is 0 Å². The van der Waals surface area contributed by atoms with Crippen LogP contribution in [0.3, 0.4) is 0 Å². The van der Waals surface area contributed by atoms with Gasteiger partial charge in [-0.15, -0.1) is 0 Å². The molecule has 0 spiro atoms. The van der Waals surface area contributed by atoms with Gasteiger partial charge in [-0.25, -0.2) is 0 Å². The predicted molar refractivity (Wildman–Crippen MR) is 70.7 cm³/mol. The van der Waals surface area contributed by atoms with E-state index < -0.39 is 0 Å². The summed E-state index contributed by atoms with van der Waals surface area (Å²) in [6, 6.07) is 9.34. The lowest BCUT2D eigenvalue weighted by Gasteiger charge is -2.26. The van der Waals surface area contributed by atoms with Crippen LogP contribution in [0.5, 0.6) is 0 Å². The molecule has 0 bridgehead atoms. The molecule has 0 amide bonds. The van der Waals surface area contributed by atoms with Crippen LogP contribution >= 0.6 is 0 Å². The zero-order valence-corrected chi connectivity index (χ0v) is 10.00. The van der Waals surface area contributed by atoms with Crippen LogP contribution in [-0.2, 0) is 13.1 Å². The molecular weight excluding hydrogens is 210 g/mol. The lowest BCUT2D eigenvalue weighted by Crippen LogP contribution is -2.34. The summed E-state index contributed by atoms with van der Waals surface area (Å²) in [5.41, 5.74) is 9.28. The van der Waals surface area contributed by atoms with Crippen LogP contribution in [0.2, 0.25) is 0 Å². The van der Waals surface area contributed by atoms with Gasteiger partial charge in [-0.1, -0.05) is 18.6 Å². The highest BCUT2D eigenvalue weighted by Crippen LogP contribution is 2.20. The van der Waals surface area contributed by atoms with E-state index in [1.165, 1.54) is 41.4 Å². The molecule has 0 saturated heterocycles. The molecule has 17 heavy (non-hydrogen) atoms. The second kappa shape index (κ2) is 4.51. The van der Waals surface area contributed by atoms with Crippen molar-refractivity contribution in [2.24, 2.45) is 5.73 Å². The Morgan fingerprint density at radius 2 is 2.18 bits per heavy atom. The molecule has 0 aliphatic heterocycles. The number of hydrogen-bond donors (Lipinski definition) is 3. The molecule has 90 valence electrons. The molecule has 2 aromatic rings. The van der Waals surface area contributed by atoms with Crippen LogP contribution in [0.25, 0.3) is 10.9 Å². The highest BCUT2D eigenvalue weighted by atomic mass is 14.9. The maximum atomic E-state index is 5.65. The number of aromatic amines is 1. The van der Waals surface area contributed by atoms with Crippen molar-refractivity contribution < 1.29 is 0 Å². The summed E-state index contributed by atoms with van der Waals surface area (Å²) < 4.78 is 0. The molecule has 1 heterocycles. The summed E-state index contributed by atoms with van der Waals surface area (Å²) in [4.78, 5) is 3.46. The summed E-state index contributed by atoms with van der Waals surface area (Å²) in [6.45, 7) is 1.54. The largest absolute Gasteiger partial charge is 0.357 e. The van der Waals surface area contributed by atoms with Crippen molar-refractivity contribution in [1.82, 2.24) is 10.3 Å². The van der Waals surface area contributed by atoms with Crippen molar-refractivity contribution in [2.45, 2.75) is 38.4 Å². The van der Waals surface area contributed by atoms with E-state index in [2.05, 4.69) is 34.6 Å². The van der Waals surface area contributed by atoms with Gasteiger partial charge in [0.25, 0.3) is 0 Å². The van der Waals surface area contributed by atoms with Crippen molar-refractivity contribution in [1.29, 1.82) is 0 Å². The first-order valence-electron chi connectivity index (χ1n) is 6.39. The molecule has 3 nitrogen and oxygen atoms in total. The summed E-state index contributed by atoms with van der Waals surface area (Å²) in [5.74, 6) is 0. The standard InChI is InChI=1S/C14H19N3/c15-8-10-4-5-11-7-13(17-14(11)6-10)9-16-12-2-1-3-12/h4-7,12,16-17H,1-3,8-9,15H2. The summed E-state index contributed by atoms with van der Waals surface area (Å²) in [7, 11) is 0. The summed E-state index contributed by atoms with van der Waals surface area (Å²) in [5, 5.41) is 4.84. The zero-order chi connectivity index (χ0) is 11.7. The Bertz CT molecular complexity index is 511. The van der Waals surface area contributed by atoms with Crippen molar-refractivity contribution >= 4 is 10.9 Å². The van der Waals surface area contributed by atoms with Crippen molar-refractivity contribution in [3.8, 4) is 0 Å². The van der Waals surface area contributed by atoms with Crippen molar-refractivity contribution in [2.75, 3.05) is 0 Å². The van der Waals surface area contributed by atoms with Crippen LogP contribution in [0, 0.1) is 0 Å². The SMILES string of the molecule is NCc1ccc2cc(CNC3CCC3)[nH]c2c1. The molecule has 0 radical (unpaired) electrons. The molecule has 0 atom stereocenters. The Kier molecular flexibility index (Phi) is 2.87. The Hall–Kier alpha value is -1.32. The van der Waals surface area contributed by atoms with Crippen LogP contribution < -0.4 is 11.1 Å². The fourth-order valence-corrected chi connectivity index (χ4v) is 2.32. The molecule has 3 heteroatoms. The quantitative estimate of drug-likeness (QED) is 0.753. The molecule has 1 saturated carbocycles. The lowest BCUT2D eigenvalue weighted by atomic mass is 9.93. The molecule has 1 fully saturated rings. The third kappa shape index (κ3) is 2.21. The van der Waals surface area contributed by atoms with Gasteiger partial charge in [0.1, 0.15) is 0 Å². The minimum atomic E-state index is 0.602. The highest BCUT2D eigenvalue weighted by molar-refractivity contribution is 5.81. The van der Waals surface area contributed by atoms with Gasteiger partial charge in [-0.2, -0.15) is 0 Å². The van der Waals surface area contributed by atoms with Gasteiger partial charge in [0.15, 0.2) is 0 Å². The fourth-order valence-electron chi connectivity index (χ4n) is 2.32. The van der Waals surface area contributed by atoms with Crippen LogP contribution in [0.4, 0.5) is 0 Å². The van der Waals surface area contributed by atoms with Crippen LogP contribution in [0.1, 0.15) is 30.5 Å². The normalized spacial score (nSPS) is 16.3. The second-order valence-corrected chi connectivity index (χ2v) is 4.93.